The number of methoxy groups -OCH3 is 2. The summed E-state index contributed by atoms with van der Waals surface area (Å²) >= 11 is 5.34. The first kappa shape index (κ1) is 17.0. The molecule has 0 atom stereocenters. The third kappa shape index (κ3) is 4.29. The van der Waals surface area contributed by atoms with Crippen molar-refractivity contribution in [1.82, 2.24) is 10.3 Å². The zero-order chi connectivity index (χ0) is 16.8. The largest absolute Gasteiger partial charge is 0.496 e. The van der Waals surface area contributed by atoms with Crippen molar-refractivity contribution in [3.05, 3.63) is 41.5 Å². The molecule has 0 unspecified atom stereocenters. The first-order chi connectivity index (χ1) is 11.0. The zero-order valence-electron chi connectivity index (χ0n) is 13.2. The molecule has 0 aromatic carbocycles. The van der Waals surface area contributed by atoms with Crippen molar-refractivity contribution in [2.75, 3.05) is 20.8 Å². The van der Waals surface area contributed by atoms with E-state index >= 15 is 0 Å². The Balaban J connectivity index is 1.99. The molecule has 2 aromatic rings. The van der Waals surface area contributed by atoms with Crippen LogP contribution in [0.2, 0.25) is 0 Å². The second-order valence-corrected chi connectivity index (χ2v) is 5.39. The van der Waals surface area contributed by atoms with Crippen molar-refractivity contribution >= 4 is 23.0 Å². The monoisotopic (exact) mass is 334 g/mol. The molecule has 2 heterocycles. The Hall–Kier alpha value is -2.41. The van der Waals surface area contributed by atoms with E-state index in [1.807, 2.05) is 0 Å². The van der Waals surface area contributed by atoms with E-state index in [0.717, 1.165) is 5.56 Å². The molecule has 7 heteroatoms. The van der Waals surface area contributed by atoms with Gasteiger partial charge in [-0.15, -0.1) is 0 Å². The lowest BCUT2D eigenvalue weighted by Crippen LogP contribution is -2.29. The molecule has 0 aliphatic heterocycles. The van der Waals surface area contributed by atoms with Crippen molar-refractivity contribution in [2.45, 2.75) is 13.3 Å². The number of thiocarbonyl (C=S) groups is 1. The highest BCUT2D eigenvalue weighted by Gasteiger charge is 2.15. The summed E-state index contributed by atoms with van der Waals surface area (Å²) in [5.74, 6) is 1.75. The molecule has 0 aliphatic rings. The quantitative estimate of drug-likeness (QED) is 0.784. The van der Waals surface area contributed by atoms with Crippen LogP contribution in [-0.4, -0.2) is 36.5 Å². The minimum Gasteiger partial charge on any atom is -0.496 e. The number of ether oxygens (including phenoxy) is 2. The van der Waals surface area contributed by atoms with Crippen LogP contribution in [0.25, 0.3) is 0 Å². The summed E-state index contributed by atoms with van der Waals surface area (Å²) in [5, 5.41) is 2.73. The van der Waals surface area contributed by atoms with Crippen LogP contribution in [0.15, 0.2) is 28.8 Å². The van der Waals surface area contributed by atoms with Gasteiger partial charge in [-0.1, -0.05) is 12.2 Å². The summed E-state index contributed by atoms with van der Waals surface area (Å²) in [6.07, 6.45) is 2.01. The third-order valence-corrected chi connectivity index (χ3v) is 3.46. The minimum absolute atomic E-state index is 0.245. The van der Waals surface area contributed by atoms with Gasteiger partial charge in [0.1, 0.15) is 11.5 Å². The predicted molar refractivity (Wildman–Crippen MR) is 89.4 cm³/mol. The molecule has 0 aliphatic carbocycles. The van der Waals surface area contributed by atoms with Crippen LogP contribution in [0.3, 0.4) is 0 Å². The lowest BCUT2D eigenvalue weighted by molar-refractivity contribution is 0.0930. The Labute approximate surface area is 139 Å². The highest BCUT2D eigenvalue weighted by molar-refractivity contribution is 7.80. The summed E-state index contributed by atoms with van der Waals surface area (Å²) < 4.78 is 15.8. The highest BCUT2D eigenvalue weighted by Crippen LogP contribution is 2.26. The number of hydrogen-bond acceptors (Lipinski definition) is 6. The van der Waals surface area contributed by atoms with Gasteiger partial charge in [0.05, 0.1) is 19.8 Å². The van der Waals surface area contributed by atoms with Gasteiger partial charge in [-0.3, -0.25) is 4.79 Å². The summed E-state index contributed by atoms with van der Waals surface area (Å²) in [6, 6.07) is 5.10. The predicted octanol–water partition coefficient (Wildman–Crippen LogP) is 2.34. The fraction of sp³-hybridized carbons (Fsp3) is 0.312. The number of furan rings is 1. The van der Waals surface area contributed by atoms with Crippen LogP contribution in [-0.2, 0) is 6.42 Å². The van der Waals surface area contributed by atoms with E-state index in [1.54, 1.807) is 38.4 Å². The van der Waals surface area contributed by atoms with E-state index in [4.69, 9.17) is 26.1 Å². The molecule has 122 valence electrons. The van der Waals surface area contributed by atoms with E-state index < -0.39 is 0 Å². The van der Waals surface area contributed by atoms with E-state index in [2.05, 4.69) is 10.3 Å². The van der Waals surface area contributed by atoms with Gasteiger partial charge in [0.25, 0.3) is 5.91 Å². The second-order valence-electron chi connectivity index (χ2n) is 4.81. The molecule has 2 rings (SSSR count). The smallest absolute Gasteiger partial charge is 0.287 e. The average molecular weight is 334 g/mol. The number of carbonyl (C=O) groups is 1. The standard InChI is InChI=1S/C16H18N2O4S/c1-10-4-5-14(22-10)15(19)18-9-11(23)8-12-13(20-2)6-7-17-16(12)21-3/h4-7H,8-9H2,1-3H3,(H,18,19). The minimum atomic E-state index is -0.300. The Morgan fingerprint density at radius 2 is 2.09 bits per heavy atom. The van der Waals surface area contributed by atoms with E-state index in [9.17, 15) is 4.79 Å². The number of aromatic nitrogens is 1. The number of hydrogen-bond donors (Lipinski definition) is 1. The fourth-order valence-corrected chi connectivity index (χ4v) is 2.29. The first-order valence-electron chi connectivity index (χ1n) is 6.97. The molecule has 0 saturated heterocycles. The van der Waals surface area contributed by atoms with Crippen LogP contribution >= 0.6 is 12.2 Å². The summed E-state index contributed by atoms with van der Waals surface area (Å²) in [5.41, 5.74) is 0.755. The maximum absolute atomic E-state index is 11.9. The molecule has 6 nitrogen and oxygen atoms in total. The molecule has 1 amide bonds. The fourth-order valence-electron chi connectivity index (χ4n) is 2.07. The first-order valence-corrected chi connectivity index (χ1v) is 7.38. The normalized spacial score (nSPS) is 10.2. The summed E-state index contributed by atoms with van der Waals surface area (Å²) in [4.78, 5) is 16.7. The van der Waals surface area contributed by atoms with Crippen molar-refractivity contribution in [1.29, 1.82) is 0 Å². The lowest BCUT2D eigenvalue weighted by atomic mass is 10.1. The molecule has 0 spiro atoms. The molecule has 0 bridgehead atoms. The van der Waals surface area contributed by atoms with Crippen molar-refractivity contribution < 1.29 is 18.7 Å². The number of pyridine rings is 1. The number of amides is 1. The van der Waals surface area contributed by atoms with Crippen LogP contribution < -0.4 is 14.8 Å². The van der Waals surface area contributed by atoms with Gasteiger partial charge < -0.3 is 19.2 Å². The second kappa shape index (κ2) is 7.73. The number of aryl methyl sites for hydroxylation is 1. The Kier molecular flexibility index (Phi) is 5.70. The number of rotatable bonds is 7. The van der Waals surface area contributed by atoms with E-state index in [-0.39, 0.29) is 18.2 Å². The van der Waals surface area contributed by atoms with Crippen molar-refractivity contribution in [3.63, 3.8) is 0 Å². The van der Waals surface area contributed by atoms with Gasteiger partial charge in [-0.2, -0.15) is 0 Å². The molecule has 1 N–H and O–H groups in total. The Bertz CT molecular complexity index is 690. The number of nitrogens with zero attached hydrogens (tertiary/aromatic N) is 1. The molecular formula is C16H18N2O4S. The highest BCUT2D eigenvalue weighted by atomic mass is 32.1. The Morgan fingerprint density at radius 3 is 2.70 bits per heavy atom. The van der Waals surface area contributed by atoms with E-state index in [1.165, 1.54) is 7.11 Å². The molecule has 0 radical (unpaired) electrons. The molecular weight excluding hydrogens is 316 g/mol. The molecule has 0 saturated carbocycles. The average Bonchev–Trinajstić information content (AvgIpc) is 2.99. The summed E-state index contributed by atoms with van der Waals surface area (Å²) in [6.45, 7) is 2.03. The topological polar surface area (TPSA) is 73.6 Å². The summed E-state index contributed by atoms with van der Waals surface area (Å²) in [7, 11) is 3.11. The van der Waals surface area contributed by atoms with Gasteiger partial charge in [-0.25, -0.2) is 4.98 Å². The van der Waals surface area contributed by atoms with Crippen LogP contribution in [0.4, 0.5) is 0 Å². The van der Waals surface area contributed by atoms with Gasteiger partial charge in [0, 0.05) is 24.0 Å². The van der Waals surface area contributed by atoms with E-state index in [0.29, 0.717) is 28.7 Å². The molecule has 0 fully saturated rings. The Morgan fingerprint density at radius 1 is 1.30 bits per heavy atom. The third-order valence-electron chi connectivity index (χ3n) is 3.17. The van der Waals surface area contributed by atoms with Crippen LogP contribution in [0.1, 0.15) is 21.9 Å². The van der Waals surface area contributed by atoms with Gasteiger partial charge in [0.2, 0.25) is 5.88 Å². The van der Waals surface area contributed by atoms with Gasteiger partial charge >= 0.3 is 0 Å². The van der Waals surface area contributed by atoms with Crippen molar-refractivity contribution in [3.8, 4) is 11.6 Å². The maximum atomic E-state index is 11.9. The van der Waals surface area contributed by atoms with Crippen LogP contribution in [0, 0.1) is 6.92 Å². The van der Waals surface area contributed by atoms with Gasteiger partial charge in [0.15, 0.2) is 5.76 Å². The lowest BCUT2D eigenvalue weighted by Gasteiger charge is -2.12. The zero-order valence-corrected chi connectivity index (χ0v) is 14.0. The maximum Gasteiger partial charge on any atom is 0.287 e. The van der Waals surface area contributed by atoms with Crippen molar-refractivity contribution in [2.24, 2.45) is 0 Å². The van der Waals surface area contributed by atoms with Crippen LogP contribution in [0.5, 0.6) is 11.6 Å². The number of carbonyl (C=O) groups excluding carboxylic acids is 1. The molecule has 23 heavy (non-hydrogen) atoms. The molecule has 2 aromatic heterocycles. The number of nitrogens with one attached hydrogen (secondary N) is 1. The SMILES string of the molecule is COc1ccnc(OC)c1CC(=S)CNC(=O)c1ccc(C)o1. The van der Waals surface area contributed by atoms with Gasteiger partial charge in [-0.05, 0) is 25.1 Å².